The fourth-order valence-corrected chi connectivity index (χ4v) is 1.60. The third kappa shape index (κ3) is 2.00. The predicted octanol–water partition coefficient (Wildman–Crippen LogP) is 2.80. The molecule has 0 heterocycles. The minimum Gasteiger partial charge on any atom is -0.302 e. The normalized spacial score (nSPS) is 11.8. The molecule has 0 fully saturated rings. The number of hydrogen-bond donors (Lipinski definition) is 0. The lowest BCUT2D eigenvalue weighted by molar-refractivity contribution is -0.108. The molecular formula is C9H5Cl2NO. The maximum atomic E-state index is 10.5. The van der Waals surface area contributed by atoms with Gasteiger partial charge in [-0.25, -0.2) is 0 Å². The highest BCUT2D eigenvalue weighted by Crippen LogP contribution is 2.29. The van der Waals surface area contributed by atoms with Crippen LogP contribution in [0, 0.1) is 11.3 Å². The second-order valence-electron chi connectivity index (χ2n) is 2.38. The predicted molar refractivity (Wildman–Crippen MR) is 50.9 cm³/mol. The lowest BCUT2D eigenvalue weighted by Gasteiger charge is -2.06. The quantitative estimate of drug-likeness (QED) is 0.710. The molecule has 66 valence electrons. The van der Waals surface area contributed by atoms with Gasteiger partial charge in [0.1, 0.15) is 12.2 Å². The standard InChI is InChI=1S/C9H5Cl2NO/c10-7-2-1-3-8(11)9(7)6(4-12)5-13/h1-3,5-6H/t6-/m1/s1. The lowest BCUT2D eigenvalue weighted by atomic mass is 10.0. The maximum absolute atomic E-state index is 10.5. The van der Waals surface area contributed by atoms with Crippen molar-refractivity contribution < 1.29 is 4.79 Å². The van der Waals surface area contributed by atoms with Crippen molar-refractivity contribution in [1.29, 1.82) is 5.26 Å². The van der Waals surface area contributed by atoms with Crippen LogP contribution < -0.4 is 0 Å². The van der Waals surface area contributed by atoms with Gasteiger partial charge in [-0.2, -0.15) is 5.26 Å². The Morgan fingerprint density at radius 2 is 1.92 bits per heavy atom. The van der Waals surface area contributed by atoms with Crippen LogP contribution in [0.15, 0.2) is 18.2 Å². The number of carbonyl (C=O) groups excluding carboxylic acids is 1. The molecule has 0 bridgehead atoms. The first kappa shape index (κ1) is 10.0. The van der Waals surface area contributed by atoms with Crippen molar-refractivity contribution in [3.8, 4) is 6.07 Å². The molecule has 0 radical (unpaired) electrons. The van der Waals surface area contributed by atoms with Gasteiger partial charge in [-0.3, -0.25) is 0 Å². The molecule has 1 aromatic rings. The fraction of sp³-hybridized carbons (Fsp3) is 0.111. The van der Waals surface area contributed by atoms with E-state index in [1.807, 2.05) is 6.07 Å². The van der Waals surface area contributed by atoms with Crippen LogP contribution in [0.25, 0.3) is 0 Å². The van der Waals surface area contributed by atoms with Gasteiger partial charge < -0.3 is 4.79 Å². The summed E-state index contributed by atoms with van der Waals surface area (Å²) in [5, 5.41) is 9.31. The molecule has 0 aromatic heterocycles. The molecule has 0 aliphatic carbocycles. The summed E-state index contributed by atoms with van der Waals surface area (Å²) < 4.78 is 0. The summed E-state index contributed by atoms with van der Waals surface area (Å²) in [6.07, 6.45) is 0.521. The molecule has 4 heteroatoms. The number of nitrogens with zero attached hydrogens (tertiary/aromatic N) is 1. The van der Waals surface area contributed by atoms with Crippen LogP contribution in [0.5, 0.6) is 0 Å². The molecule has 2 nitrogen and oxygen atoms in total. The Balaban J connectivity index is 3.28. The second kappa shape index (κ2) is 4.27. The molecule has 1 rings (SSSR count). The molecule has 1 atom stereocenters. The number of hydrogen-bond acceptors (Lipinski definition) is 2. The molecule has 0 saturated carbocycles. The first-order valence-corrected chi connectivity index (χ1v) is 4.25. The van der Waals surface area contributed by atoms with Crippen molar-refractivity contribution >= 4 is 29.5 Å². The summed E-state index contributed by atoms with van der Waals surface area (Å²) in [6, 6.07) is 6.66. The minimum atomic E-state index is -0.888. The highest BCUT2D eigenvalue weighted by molar-refractivity contribution is 6.36. The molecule has 0 unspecified atom stereocenters. The van der Waals surface area contributed by atoms with Crippen LogP contribution in [0.1, 0.15) is 11.5 Å². The van der Waals surface area contributed by atoms with Crippen molar-refractivity contribution in [3.05, 3.63) is 33.8 Å². The summed E-state index contributed by atoms with van der Waals surface area (Å²) in [6.45, 7) is 0. The van der Waals surface area contributed by atoms with E-state index in [1.54, 1.807) is 18.2 Å². The van der Waals surface area contributed by atoms with Crippen LogP contribution >= 0.6 is 23.2 Å². The number of rotatable bonds is 2. The average Bonchev–Trinajstić information content (AvgIpc) is 2.11. The average molecular weight is 214 g/mol. The van der Waals surface area contributed by atoms with Crippen LogP contribution in [0.4, 0.5) is 0 Å². The van der Waals surface area contributed by atoms with Crippen molar-refractivity contribution in [2.75, 3.05) is 0 Å². The van der Waals surface area contributed by atoms with Crippen molar-refractivity contribution in [1.82, 2.24) is 0 Å². The molecular weight excluding hydrogens is 209 g/mol. The number of nitriles is 1. The topological polar surface area (TPSA) is 40.9 Å². The van der Waals surface area contributed by atoms with E-state index in [0.29, 0.717) is 21.9 Å². The van der Waals surface area contributed by atoms with Crippen molar-refractivity contribution in [3.63, 3.8) is 0 Å². The van der Waals surface area contributed by atoms with Gasteiger partial charge in [0.15, 0.2) is 0 Å². The monoisotopic (exact) mass is 213 g/mol. The zero-order valence-electron chi connectivity index (χ0n) is 6.50. The van der Waals surface area contributed by atoms with E-state index in [0.717, 1.165) is 0 Å². The minimum absolute atomic E-state index is 0.339. The van der Waals surface area contributed by atoms with E-state index in [2.05, 4.69) is 0 Å². The molecule has 0 aliphatic heterocycles. The molecule has 0 amide bonds. The Labute approximate surface area is 85.7 Å². The van der Waals surface area contributed by atoms with E-state index < -0.39 is 5.92 Å². The number of benzene rings is 1. The van der Waals surface area contributed by atoms with Crippen LogP contribution in [-0.4, -0.2) is 6.29 Å². The number of carbonyl (C=O) groups is 1. The second-order valence-corrected chi connectivity index (χ2v) is 3.19. The fourth-order valence-electron chi connectivity index (χ4n) is 0.971. The Morgan fingerprint density at radius 3 is 2.31 bits per heavy atom. The maximum Gasteiger partial charge on any atom is 0.141 e. The molecule has 0 aliphatic rings. The van der Waals surface area contributed by atoms with E-state index in [4.69, 9.17) is 28.5 Å². The molecule has 0 spiro atoms. The van der Waals surface area contributed by atoms with Gasteiger partial charge in [-0.15, -0.1) is 0 Å². The molecule has 0 saturated heterocycles. The van der Waals surface area contributed by atoms with Gasteiger partial charge in [0.25, 0.3) is 0 Å². The van der Waals surface area contributed by atoms with Crippen LogP contribution in [-0.2, 0) is 4.79 Å². The third-order valence-electron chi connectivity index (χ3n) is 1.59. The smallest absolute Gasteiger partial charge is 0.141 e. The molecule has 1 aromatic carbocycles. The SMILES string of the molecule is N#C[C@H](C=O)c1c(Cl)cccc1Cl. The first-order valence-electron chi connectivity index (χ1n) is 3.49. The Kier molecular flexibility index (Phi) is 3.30. The Morgan fingerprint density at radius 1 is 1.38 bits per heavy atom. The highest BCUT2D eigenvalue weighted by Gasteiger charge is 2.16. The van der Waals surface area contributed by atoms with Gasteiger partial charge in [0, 0.05) is 15.6 Å². The van der Waals surface area contributed by atoms with Crippen molar-refractivity contribution in [2.24, 2.45) is 0 Å². The van der Waals surface area contributed by atoms with Gasteiger partial charge >= 0.3 is 0 Å². The first-order chi connectivity index (χ1) is 6.20. The number of aldehydes is 1. The van der Waals surface area contributed by atoms with Gasteiger partial charge in [-0.05, 0) is 12.1 Å². The van der Waals surface area contributed by atoms with Crippen molar-refractivity contribution in [2.45, 2.75) is 5.92 Å². The molecule has 0 N–H and O–H groups in total. The van der Waals surface area contributed by atoms with Gasteiger partial charge in [-0.1, -0.05) is 29.3 Å². The third-order valence-corrected chi connectivity index (χ3v) is 2.25. The number of halogens is 2. The summed E-state index contributed by atoms with van der Waals surface area (Å²) in [7, 11) is 0. The zero-order chi connectivity index (χ0) is 9.84. The van der Waals surface area contributed by atoms with Crippen LogP contribution in [0.3, 0.4) is 0 Å². The zero-order valence-corrected chi connectivity index (χ0v) is 8.01. The highest BCUT2D eigenvalue weighted by atomic mass is 35.5. The largest absolute Gasteiger partial charge is 0.302 e. The van der Waals surface area contributed by atoms with E-state index in [-0.39, 0.29) is 0 Å². The van der Waals surface area contributed by atoms with E-state index >= 15 is 0 Å². The van der Waals surface area contributed by atoms with E-state index in [9.17, 15) is 4.79 Å². The lowest BCUT2D eigenvalue weighted by Crippen LogP contribution is -1.98. The van der Waals surface area contributed by atoms with Gasteiger partial charge in [0.2, 0.25) is 0 Å². The molecule has 13 heavy (non-hydrogen) atoms. The van der Waals surface area contributed by atoms with E-state index in [1.165, 1.54) is 0 Å². The Bertz CT molecular complexity index is 350. The summed E-state index contributed by atoms with van der Waals surface area (Å²) in [5.41, 5.74) is 0.378. The summed E-state index contributed by atoms with van der Waals surface area (Å²) >= 11 is 11.6. The summed E-state index contributed by atoms with van der Waals surface area (Å²) in [4.78, 5) is 10.5. The summed E-state index contributed by atoms with van der Waals surface area (Å²) in [5.74, 6) is -0.888. The van der Waals surface area contributed by atoms with Gasteiger partial charge in [0.05, 0.1) is 6.07 Å². The van der Waals surface area contributed by atoms with Crippen LogP contribution in [0.2, 0.25) is 10.0 Å². The Hall–Kier alpha value is -1.04.